The van der Waals surface area contributed by atoms with Gasteiger partial charge in [-0.1, -0.05) is 84.4 Å². The van der Waals surface area contributed by atoms with Crippen molar-refractivity contribution in [3.63, 3.8) is 0 Å². The first-order valence-corrected chi connectivity index (χ1v) is 10.9. The van der Waals surface area contributed by atoms with Crippen molar-refractivity contribution < 1.29 is 14.3 Å². The van der Waals surface area contributed by atoms with Gasteiger partial charge in [-0.05, 0) is 28.8 Å². The SMILES string of the molecule is COCCNC(=O)[C@H](c1ccccc1)N(Cc1ccccc1)C(=O)Cc1ccc(Cl)cc1. The minimum atomic E-state index is -0.770. The van der Waals surface area contributed by atoms with E-state index < -0.39 is 6.04 Å². The molecule has 5 nitrogen and oxygen atoms in total. The summed E-state index contributed by atoms with van der Waals surface area (Å²) in [7, 11) is 1.58. The van der Waals surface area contributed by atoms with E-state index in [1.54, 1.807) is 24.1 Å². The van der Waals surface area contributed by atoms with Crippen molar-refractivity contribution in [3.8, 4) is 0 Å². The molecule has 166 valence electrons. The first-order valence-electron chi connectivity index (χ1n) is 10.5. The van der Waals surface area contributed by atoms with Crippen LogP contribution in [-0.2, 0) is 27.3 Å². The lowest BCUT2D eigenvalue weighted by Crippen LogP contribution is -2.44. The summed E-state index contributed by atoms with van der Waals surface area (Å²) in [6.07, 6.45) is 0.165. The molecule has 0 saturated carbocycles. The normalized spacial score (nSPS) is 11.6. The molecule has 0 unspecified atom stereocenters. The Morgan fingerprint density at radius 2 is 1.53 bits per heavy atom. The van der Waals surface area contributed by atoms with Gasteiger partial charge in [0.25, 0.3) is 0 Å². The van der Waals surface area contributed by atoms with Crippen LogP contribution in [0.5, 0.6) is 0 Å². The number of amides is 2. The maximum atomic E-state index is 13.5. The van der Waals surface area contributed by atoms with Crippen LogP contribution in [0.15, 0.2) is 84.9 Å². The third kappa shape index (κ3) is 6.67. The zero-order valence-corrected chi connectivity index (χ0v) is 18.8. The molecule has 0 bridgehead atoms. The number of methoxy groups -OCH3 is 1. The Morgan fingerprint density at radius 1 is 0.906 bits per heavy atom. The summed E-state index contributed by atoms with van der Waals surface area (Å²) in [6.45, 7) is 1.07. The van der Waals surface area contributed by atoms with Crippen LogP contribution in [0.2, 0.25) is 5.02 Å². The predicted molar refractivity (Wildman–Crippen MR) is 126 cm³/mol. The van der Waals surface area contributed by atoms with Gasteiger partial charge in [-0.25, -0.2) is 0 Å². The summed E-state index contributed by atoms with van der Waals surface area (Å²) in [4.78, 5) is 28.5. The molecule has 0 radical (unpaired) electrons. The van der Waals surface area contributed by atoms with E-state index in [0.29, 0.717) is 24.7 Å². The first kappa shape index (κ1) is 23.5. The lowest BCUT2D eigenvalue weighted by atomic mass is 10.0. The van der Waals surface area contributed by atoms with Gasteiger partial charge in [-0.15, -0.1) is 0 Å². The number of carbonyl (C=O) groups excluding carboxylic acids is 2. The van der Waals surface area contributed by atoms with E-state index in [1.807, 2.05) is 72.8 Å². The number of carbonyl (C=O) groups is 2. The zero-order valence-electron chi connectivity index (χ0n) is 18.0. The fraction of sp³-hybridized carbons (Fsp3) is 0.231. The van der Waals surface area contributed by atoms with Crippen LogP contribution in [-0.4, -0.2) is 37.0 Å². The summed E-state index contributed by atoms with van der Waals surface area (Å²) in [6, 6.07) is 25.5. The Labute approximate surface area is 194 Å². The highest BCUT2D eigenvalue weighted by molar-refractivity contribution is 6.30. The van der Waals surface area contributed by atoms with Gasteiger partial charge < -0.3 is 15.0 Å². The third-order valence-corrected chi connectivity index (χ3v) is 5.32. The minimum absolute atomic E-state index is 0.146. The number of nitrogens with zero attached hydrogens (tertiary/aromatic N) is 1. The maximum Gasteiger partial charge on any atom is 0.247 e. The smallest absolute Gasteiger partial charge is 0.247 e. The van der Waals surface area contributed by atoms with Crippen molar-refractivity contribution in [2.24, 2.45) is 0 Å². The molecule has 1 atom stereocenters. The molecular weight excluding hydrogens is 424 g/mol. The Balaban J connectivity index is 1.94. The highest BCUT2D eigenvalue weighted by Gasteiger charge is 2.31. The molecule has 0 spiro atoms. The van der Waals surface area contributed by atoms with Crippen molar-refractivity contribution >= 4 is 23.4 Å². The van der Waals surface area contributed by atoms with Crippen LogP contribution in [0.1, 0.15) is 22.7 Å². The van der Waals surface area contributed by atoms with Gasteiger partial charge in [0.15, 0.2) is 0 Å². The quantitative estimate of drug-likeness (QED) is 0.465. The summed E-state index contributed by atoms with van der Waals surface area (Å²) >= 11 is 5.99. The van der Waals surface area contributed by atoms with E-state index >= 15 is 0 Å². The van der Waals surface area contributed by atoms with Gasteiger partial charge in [0.1, 0.15) is 6.04 Å². The second kappa shape index (κ2) is 12.0. The predicted octanol–water partition coefficient (Wildman–Crippen LogP) is 4.42. The summed E-state index contributed by atoms with van der Waals surface area (Å²) in [5.41, 5.74) is 2.54. The van der Waals surface area contributed by atoms with Gasteiger partial charge in [0, 0.05) is 25.2 Å². The van der Waals surface area contributed by atoms with Crippen molar-refractivity contribution in [1.82, 2.24) is 10.2 Å². The van der Waals surface area contributed by atoms with Crippen LogP contribution >= 0.6 is 11.6 Å². The lowest BCUT2D eigenvalue weighted by Gasteiger charge is -2.32. The second-order valence-electron chi connectivity index (χ2n) is 7.41. The second-order valence-corrected chi connectivity index (χ2v) is 7.84. The van der Waals surface area contributed by atoms with E-state index in [-0.39, 0.29) is 18.2 Å². The number of benzene rings is 3. The van der Waals surface area contributed by atoms with Crippen LogP contribution in [0.25, 0.3) is 0 Å². The van der Waals surface area contributed by atoms with Gasteiger partial charge in [0.05, 0.1) is 13.0 Å². The Kier molecular flexibility index (Phi) is 8.84. The molecule has 2 amide bonds. The fourth-order valence-corrected chi connectivity index (χ4v) is 3.59. The first-order chi connectivity index (χ1) is 15.6. The molecule has 32 heavy (non-hydrogen) atoms. The van der Waals surface area contributed by atoms with Crippen LogP contribution in [0.4, 0.5) is 0 Å². The average molecular weight is 451 g/mol. The highest BCUT2D eigenvalue weighted by Crippen LogP contribution is 2.25. The molecule has 3 aromatic carbocycles. The van der Waals surface area contributed by atoms with Gasteiger partial charge in [0.2, 0.25) is 11.8 Å². The Morgan fingerprint density at radius 3 is 2.16 bits per heavy atom. The average Bonchev–Trinajstić information content (AvgIpc) is 2.81. The van der Waals surface area contributed by atoms with E-state index in [9.17, 15) is 9.59 Å². The molecule has 6 heteroatoms. The van der Waals surface area contributed by atoms with Gasteiger partial charge in [-0.3, -0.25) is 9.59 Å². The number of hydrogen-bond donors (Lipinski definition) is 1. The molecule has 1 N–H and O–H groups in total. The monoisotopic (exact) mass is 450 g/mol. The van der Waals surface area contributed by atoms with Crippen LogP contribution in [0.3, 0.4) is 0 Å². The molecule has 0 aliphatic heterocycles. The van der Waals surface area contributed by atoms with Crippen molar-refractivity contribution in [1.29, 1.82) is 0 Å². The summed E-state index contributed by atoms with van der Waals surface area (Å²) < 4.78 is 5.06. The third-order valence-electron chi connectivity index (χ3n) is 5.07. The van der Waals surface area contributed by atoms with E-state index in [4.69, 9.17) is 16.3 Å². The molecule has 0 aromatic heterocycles. The summed E-state index contributed by atoms with van der Waals surface area (Å²) in [5.74, 6) is -0.388. The Bertz CT molecular complexity index is 995. The van der Waals surface area contributed by atoms with E-state index in [1.165, 1.54) is 0 Å². The number of rotatable bonds is 10. The number of nitrogens with one attached hydrogen (secondary N) is 1. The van der Waals surface area contributed by atoms with E-state index in [0.717, 1.165) is 16.7 Å². The van der Waals surface area contributed by atoms with Gasteiger partial charge >= 0.3 is 0 Å². The van der Waals surface area contributed by atoms with Crippen LogP contribution < -0.4 is 5.32 Å². The van der Waals surface area contributed by atoms with Crippen molar-refractivity contribution in [3.05, 3.63) is 107 Å². The van der Waals surface area contributed by atoms with E-state index in [2.05, 4.69) is 5.32 Å². The minimum Gasteiger partial charge on any atom is -0.383 e. The number of halogens is 1. The largest absolute Gasteiger partial charge is 0.383 e. The van der Waals surface area contributed by atoms with Crippen molar-refractivity contribution in [2.75, 3.05) is 20.3 Å². The molecule has 0 fully saturated rings. The highest BCUT2D eigenvalue weighted by atomic mass is 35.5. The van der Waals surface area contributed by atoms with Gasteiger partial charge in [-0.2, -0.15) is 0 Å². The molecule has 0 aliphatic rings. The van der Waals surface area contributed by atoms with Crippen LogP contribution in [0, 0.1) is 0 Å². The molecule has 0 heterocycles. The fourth-order valence-electron chi connectivity index (χ4n) is 3.46. The molecular formula is C26H27ClN2O3. The topological polar surface area (TPSA) is 58.6 Å². The molecule has 3 rings (SSSR count). The summed E-state index contributed by atoms with van der Waals surface area (Å²) in [5, 5.41) is 3.51. The number of hydrogen-bond acceptors (Lipinski definition) is 3. The molecule has 0 saturated heterocycles. The standard InChI is InChI=1S/C26H27ClN2O3/c1-32-17-16-28-26(31)25(22-10-6-3-7-11-22)29(19-21-8-4-2-5-9-21)24(30)18-20-12-14-23(27)15-13-20/h2-15,25H,16-19H2,1H3,(H,28,31)/t25-/m0/s1. The Hall–Kier alpha value is -3.15. The molecule has 0 aliphatic carbocycles. The van der Waals surface area contributed by atoms with Crippen molar-refractivity contribution in [2.45, 2.75) is 19.0 Å². The lowest BCUT2D eigenvalue weighted by molar-refractivity contribution is -0.141. The maximum absolute atomic E-state index is 13.5. The molecule has 3 aromatic rings. The zero-order chi connectivity index (χ0) is 22.8. The number of ether oxygens (including phenoxy) is 1.